The van der Waals surface area contributed by atoms with E-state index in [9.17, 15) is 13.2 Å². The van der Waals surface area contributed by atoms with Crippen molar-refractivity contribution >= 4 is 38.9 Å². The Bertz CT molecular complexity index is 943. The molecule has 8 heteroatoms. The van der Waals surface area contributed by atoms with Crippen LogP contribution in [0.15, 0.2) is 40.6 Å². The largest absolute Gasteiger partial charge is 0.347 e. The van der Waals surface area contributed by atoms with E-state index in [1.165, 1.54) is 17.4 Å². The van der Waals surface area contributed by atoms with Gasteiger partial charge in [-0.15, -0.1) is 11.3 Å². The molecule has 1 saturated heterocycles. The van der Waals surface area contributed by atoms with Crippen LogP contribution in [0.2, 0.25) is 5.02 Å². The fraction of sp³-hybridized carbons (Fsp3) is 0.389. The zero-order chi connectivity index (χ0) is 18.5. The number of piperidine rings is 1. The van der Waals surface area contributed by atoms with Crippen LogP contribution in [0.3, 0.4) is 0 Å². The third kappa shape index (κ3) is 3.07. The van der Waals surface area contributed by atoms with E-state index in [2.05, 4.69) is 5.32 Å². The number of hydrogen-bond acceptors (Lipinski definition) is 4. The molecule has 2 aliphatic rings. The quantitative estimate of drug-likeness (QED) is 0.840. The normalized spacial score (nSPS) is 25.5. The number of carbonyl (C=O) groups is 1. The highest BCUT2D eigenvalue weighted by Gasteiger charge is 2.50. The Morgan fingerprint density at radius 3 is 2.77 bits per heavy atom. The Labute approximate surface area is 162 Å². The van der Waals surface area contributed by atoms with Gasteiger partial charge in [0.15, 0.2) is 0 Å². The second-order valence-electron chi connectivity index (χ2n) is 6.95. The number of rotatable bonds is 4. The van der Waals surface area contributed by atoms with Gasteiger partial charge in [0.2, 0.25) is 10.0 Å². The molecule has 0 radical (unpaired) electrons. The molecular formula is C18H19ClN2O3S2. The number of sulfonamides is 1. The number of thiophene rings is 1. The lowest BCUT2D eigenvalue weighted by Crippen LogP contribution is -2.51. The Morgan fingerprint density at radius 2 is 2.12 bits per heavy atom. The molecule has 0 unspecified atom stereocenters. The number of halogens is 1. The van der Waals surface area contributed by atoms with Crippen LogP contribution in [0.1, 0.15) is 28.1 Å². The van der Waals surface area contributed by atoms with Crippen molar-refractivity contribution in [2.75, 3.05) is 6.54 Å². The van der Waals surface area contributed by atoms with Crippen molar-refractivity contribution in [3.63, 3.8) is 0 Å². The summed E-state index contributed by atoms with van der Waals surface area (Å²) in [6.45, 7) is 2.34. The summed E-state index contributed by atoms with van der Waals surface area (Å²) in [6, 6.07) is 8.08. The van der Waals surface area contributed by atoms with Gasteiger partial charge in [-0.25, -0.2) is 8.42 Å². The van der Waals surface area contributed by atoms with Crippen LogP contribution >= 0.6 is 22.9 Å². The topological polar surface area (TPSA) is 66.5 Å². The van der Waals surface area contributed by atoms with Crippen molar-refractivity contribution in [3.8, 4) is 0 Å². The first-order valence-electron chi connectivity index (χ1n) is 8.48. The first kappa shape index (κ1) is 18.0. The minimum absolute atomic E-state index is 0.131. The number of carbonyl (C=O) groups excluding carboxylic acids is 1. The van der Waals surface area contributed by atoms with Crippen molar-refractivity contribution in [2.24, 2.45) is 5.92 Å². The van der Waals surface area contributed by atoms with Gasteiger partial charge in [0, 0.05) is 23.7 Å². The SMILES string of the molecule is Cc1ccc(S(=O)(=O)N2C[C@@H]3C[C@H](NC(=O)c4cccs4)[C@H]2C3)cc1Cl. The van der Waals surface area contributed by atoms with Gasteiger partial charge < -0.3 is 5.32 Å². The molecule has 1 saturated carbocycles. The van der Waals surface area contributed by atoms with Gasteiger partial charge in [0.05, 0.1) is 9.77 Å². The van der Waals surface area contributed by atoms with Gasteiger partial charge >= 0.3 is 0 Å². The molecule has 1 amide bonds. The summed E-state index contributed by atoms with van der Waals surface area (Å²) in [5, 5.41) is 5.32. The van der Waals surface area contributed by atoms with E-state index in [1.807, 2.05) is 18.4 Å². The molecule has 1 aliphatic heterocycles. The molecule has 4 rings (SSSR count). The third-order valence-corrected chi connectivity index (χ3v) is 8.41. The first-order chi connectivity index (χ1) is 12.4. The molecule has 1 N–H and O–H groups in total. The number of hydrogen-bond donors (Lipinski definition) is 1. The molecule has 3 atom stereocenters. The Balaban J connectivity index is 1.56. The zero-order valence-electron chi connectivity index (χ0n) is 14.2. The molecule has 2 fully saturated rings. The molecular weight excluding hydrogens is 392 g/mol. The lowest BCUT2D eigenvalue weighted by Gasteiger charge is -2.32. The van der Waals surface area contributed by atoms with Crippen molar-refractivity contribution in [1.29, 1.82) is 0 Å². The standard InChI is InChI=1S/C18H19ClN2O3S2/c1-11-4-5-13(9-14(11)19)26(23,24)21-10-12-7-15(16(21)8-12)20-18(22)17-3-2-6-25-17/h2-6,9,12,15-16H,7-8,10H2,1H3,(H,20,22)/t12-,15+,16-/m1/s1. The van der Waals surface area contributed by atoms with E-state index in [-0.39, 0.29) is 28.8 Å². The van der Waals surface area contributed by atoms with E-state index in [1.54, 1.807) is 22.5 Å². The number of aryl methyl sites for hydroxylation is 1. The fourth-order valence-electron chi connectivity index (χ4n) is 3.92. The maximum absolute atomic E-state index is 13.1. The second-order valence-corrected chi connectivity index (χ2v) is 10.2. The second kappa shape index (κ2) is 6.64. The molecule has 0 spiro atoms. The molecule has 2 aromatic rings. The Hall–Kier alpha value is -1.41. The molecule has 1 aliphatic carbocycles. The summed E-state index contributed by atoms with van der Waals surface area (Å²) in [6.07, 6.45) is 1.61. The van der Waals surface area contributed by atoms with Crippen LogP contribution in [0.25, 0.3) is 0 Å². The third-order valence-electron chi connectivity index (χ3n) is 5.25. The highest BCUT2D eigenvalue weighted by Crippen LogP contribution is 2.41. The van der Waals surface area contributed by atoms with E-state index in [0.717, 1.165) is 18.4 Å². The molecule has 2 bridgehead atoms. The van der Waals surface area contributed by atoms with Crippen molar-refractivity contribution < 1.29 is 13.2 Å². The molecule has 26 heavy (non-hydrogen) atoms. The van der Waals surface area contributed by atoms with Crippen LogP contribution in [-0.2, 0) is 10.0 Å². The summed E-state index contributed by atoms with van der Waals surface area (Å²) in [4.78, 5) is 13.2. The predicted molar refractivity (Wildman–Crippen MR) is 102 cm³/mol. The van der Waals surface area contributed by atoms with Crippen molar-refractivity contribution in [3.05, 3.63) is 51.2 Å². The van der Waals surface area contributed by atoms with E-state index in [0.29, 0.717) is 16.4 Å². The van der Waals surface area contributed by atoms with Crippen LogP contribution in [-0.4, -0.2) is 37.3 Å². The van der Waals surface area contributed by atoms with Gasteiger partial charge in [-0.2, -0.15) is 4.31 Å². The van der Waals surface area contributed by atoms with Crippen molar-refractivity contribution in [1.82, 2.24) is 9.62 Å². The molecule has 2 heterocycles. The number of fused-ring (bicyclic) bond motifs is 2. The molecule has 138 valence electrons. The molecule has 5 nitrogen and oxygen atoms in total. The highest BCUT2D eigenvalue weighted by atomic mass is 35.5. The van der Waals surface area contributed by atoms with Gasteiger partial charge in [0.25, 0.3) is 5.91 Å². The van der Waals surface area contributed by atoms with Crippen LogP contribution in [0, 0.1) is 12.8 Å². The monoisotopic (exact) mass is 410 g/mol. The zero-order valence-corrected chi connectivity index (χ0v) is 16.6. The van der Waals surface area contributed by atoms with Gasteiger partial charge in [-0.05, 0) is 54.8 Å². The summed E-state index contributed by atoms with van der Waals surface area (Å²) in [7, 11) is -3.63. The van der Waals surface area contributed by atoms with Crippen LogP contribution < -0.4 is 5.32 Å². The molecule has 1 aromatic heterocycles. The van der Waals surface area contributed by atoms with E-state index in [4.69, 9.17) is 11.6 Å². The number of nitrogens with zero attached hydrogens (tertiary/aromatic N) is 1. The number of amides is 1. The lowest BCUT2D eigenvalue weighted by molar-refractivity contribution is 0.0921. The summed E-state index contributed by atoms with van der Waals surface area (Å²) >= 11 is 7.50. The molecule has 1 aromatic carbocycles. The minimum atomic E-state index is -3.63. The smallest absolute Gasteiger partial charge is 0.261 e. The summed E-state index contributed by atoms with van der Waals surface area (Å²) in [5.41, 5.74) is 0.842. The fourth-order valence-corrected chi connectivity index (χ4v) is 6.57. The maximum Gasteiger partial charge on any atom is 0.261 e. The van der Waals surface area contributed by atoms with E-state index < -0.39 is 10.0 Å². The van der Waals surface area contributed by atoms with Crippen LogP contribution in [0.5, 0.6) is 0 Å². The van der Waals surface area contributed by atoms with Crippen molar-refractivity contribution in [2.45, 2.75) is 36.7 Å². The Morgan fingerprint density at radius 1 is 1.31 bits per heavy atom. The summed E-state index contributed by atoms with van der Waals surface area (Å²) in [5.74, 6) is 0.151. The van der Waals surface area contributed by atoms with E-state index >= 15 is 0 Å². The summed E-state index contributed by atoms with van der Waals surface area (Å²) < 4.78 is 27.8. The lowest BCUT2D eigenvalue weighted by atomic mass is 10.1. The minimum Gasteiger partial charge on any atom is -0.347 e. The van der Waals surface area contributed by atoms with Gasteiger partial charge in [-0.1, -0.05) is 23.7 Å². The average molecular weight is 411 g/mol. The van der Waals surface area contributed by atoms with Gasteiger partial charge in [-0.3, -0.25) is 4.79 Å². The first-order valence-corrected chi connectivity index (χ1v) is 11.2. The Kier molecular flexibility index (Phi) is 4.59. The van der Waals surface area contributed by atoms with Crippen LogP contribution in [0.4, 0.5) is 0 Å². The highest BCUT2D eigenvalue weighted by molar-refractivity contribution is 7.89. The number of benzene rings is 1. The number of nitrogens with one attached hydrogen (secondary N) is 1. The predicted octanol–water partition coefficient (Wildman–Crippen LogP) is 3.29. The maximum atomic E-state index is 13.1. The van der Waals surface area contributed by atoms with Gasteiger partial charge in [0.1, 0.15) is 0 Å². The average Bonchev–Trinajstić information content (AvgIpc) is 3.33.